The Labute approximate surface area is 142 Å². The van der Waals surface area contributed by atoms with E-state index in [4.69, 9.17) is 9.47 Å². The summed E-state index contributed by atoms with van der Waals surface area (Å²) in [6, 6.07) is 4.46. The molecule has 1 aliphatic carbocycles. The van der Waals surface area contributed by atoms with Crippen LogP contribution in [0.1, 0.15) is 30.1 Å². The molecule has 6 nitrogen and oxygen atoms in total. The number of piperazine rings is 1. The van der Waals surface area contributed by atoms with Crippen molar-refractivity contribution < 1.29 is 14.3 Å². The normalized spacial score (nSPS) is 27.6. The van der Waals surface area contributed by atoms with Crippen LogP contribution in [0.4, 0.5) is 0 Å². The molecule has 3 aliphatic rings. The lowest BCUT2D eigenvalue weighted by Gasteiger charge is -2.48. The van der Waals surface area contributed by atoms with Gasteiger partial charge in [0.15, 0.2) is 0 Å². The second kappa shape index (κ2) is 6.69. The maximum absolute atomic E-state index is 12.9. The van der Waals surface area contributed by atoms with Crippen molar-refractivity contribution in [1.29, 1.82) is 0 Å². The molecular formula is C18H25N3O3. The maximum Gasteiger partial charge on any atom is 0.259 e. The van der Waals surface area contributed by atoms with Gasteiger partial charge in [-0.15, -0.1) is 0 Å². The summed E-state index contributed by atoms with van der Waals surface area (Å²) in [6.45, 7) is 6.40. The number of rotatable bonds is 4. The molecule has 4 rings (SSSR count). The smallest absolute Gasteiger partial charge is 0.259 e. The molecule has 130 valence electrons. The van der Waals surface area contributed by atoms with E-state index in [1.165, 1.54) is 12.8 Å². The second-order valence-corrected chi connectivity index (χ2v) is 6.87. The molecule has 2 atom stereocenters. The third-order valence-electron chi connectivity index (χ3n) is 5.29. The summed E-state index contributed by atoms with van der Waals surface area (Å²) >= 11 is 0. The zero-order valence-electron chi connectivity index (χ0n) is 14.2. The molecule has 6 heteroatoms. The van der Waals surface area contributed by atoms with Crippen LogP contribution in [0.5, 0.6) is 5.88 Å². The van der Waals surface area contributed by atoms with Crippen molar-refractivity contribution >= 4 is 5.91 Å². The number of hydrogen-bond acceptors (Lipinski definition) is 5. The quantitative estimate of drug-likeness (QED) is 0.835. The minimum Gasteiger partial charge on any atom is -0.477 e. The topological polar surface area (TPSA) is 54.9 Å². The van der Waals surface area contributed by atoms with E-state index in [0.29, 0.717) is 30.1 Å². The molecule has 2 aliphatic heterocycles. The lowest BCUT2D eigenvalue weighted by molar-refractivity contribution is -0.0816. The lowest BCUT2D eigenvalue weighted by Crippen LogP contribution is -2.63. The Kier molecular flexibility index (Phi) is 4.41. The molecule has 0 spiro atoms. The SMILES string of the molecule is CCOc1ncccc1C(=O)N1CCN2[C@@H](COC[C@@H]2C2CC2)C1. The van der Waals surface area contributed by atoms with Crippen LogP contribution in [0.3, 0.4) is 0 Å². The summed E-state index contributed by atoms with van der Waals surface area (Å²) in [5.74, 6) is 1.25. The predicted molar refractivity (Wildman–Crippen MR) is 89.1 cm³/mol. The molecule has 0 radical (unpaired) electrons. The van der Waals surface area contributed by atoms with E-state index in [-0.39, 0.29) is 5.91 Å². The van der Waals surface area contributed by atoms with Gasteiger partial charge < -0.3 is 14.4 Å². The Balaban J connectivity index is 1.47. The predicted octanol–water partition coefficient (Wildman–Crippen LogP) is 1.42. The highest BCUT2D eigenvalue weighted by Gasteiger charge is 2.43. The number of aromatic nitrogens is 1. The zero-order chi connectivity index (χ0) is 16.5. The molecule has 0 N–H and O–H groups in total. The standard InChI is InChI=1S/C18H25N3O3/c1-2-24-17-15(4-3-7-19-17)18(22)20-8-9-21-14(10-20)11-23-12-16(21)13-5-6-13/h3-4,7,13-14,16H,2,5-6,8-12H2,1H3/t14-,16-/m1/s1. The minimum absolute atomic E-state index is 0.0137. The Morgan fingerprint density at radius 3 is 3.04 bits per heavy atom. The van der Waals surface area contributed by atoms with E-state index in [1.54, 1.807) is 18.3 Å². The third-order valence-corrected chi connectivity index (χ3v) is 5.29. The molecule has 1 saturated carbocycles. The van der Waals surface area contributed by atoms with Crippen LogP contribution in [0.2, 0.25) is 0 Å². The van der Waals surface area contributed by atoms with Gasteiger partial charge in [0.25, 0.3) is 5.91 Å². The number of fused-ring (bicyclic) bond motifs is 1. The van der Waals surface area contributed by atoms with Crippen molar-refractivity contribution in [2.75, 3.05) is 39.5 Å². The van der Waals surface area contributed by atoms with Crippen LogP contribution in [0, 0.1) is 5.92 Å². The largest absolute Gasteiger partial charge is 0.477 e. The van der Waals surface area contributed by atoms with Gasteiger partial charge in [-0.2, -0.15) is 0 Å². The summed E-state index contributed by atoms with van der Waals surface area (Å²) in [5, 5.41) is 0. The molecule has 3 heterocycles. The van der Waals surface area contributed by atoms with Gasteiger partial charge in [0.1, 0.15) is 5.56 Å². The average molecular weight is 331 g/mol. The number of amides is 1. The summed E-state index contributed by atoms with van der Waals surface area (Å²) < 4.78 is 11.4. The number of carbonyl (C=O) groups excluding carboxylic acids is 1. The Bertz CT molecular complexity index is 605. The first kappa shape index (κ1) is 15.8. The first-order valence-electron chi connectivity index (χ1n) is 8.98. The van der Waals surface area contributed by atoms with Crippen molar-refractivity contribution in [1.82, 2.24) is 14.8 Å². The fourth-order valence-corrected chi connectivity index (χ4v) is 3.92. The fraction of sp³-hybridized carbons (Fsp3) is 0.667. The van der Waals surface area contributed by atoms with Crippen molar-refractivity contribution in [3.05, 3.63) is 23.9 Å². The molecule has 0 unspecified atom stereocenters. The van der Waals surface area contributed by atoms with Gasteiger partial charge in [0.05, 0.1) is 25.9 Å². The van der Waals surface area contributed by atoms with E-state index in [0.717, 1.165) is 38.8 Å². The van der Waals surface area contributed by atoms with Gasteiger partial charge >= 0.3 is 0 Å². The number of pyridine rings is 1. The van der Waals surface area contributed by atoms with Crippen LogP contribution in [-0.4, -0.2) is 72.2 Å². The Morgan fingerprint density at radius 1 is 1.38 bits per heavy atom. The van der Waals surface area contributed by atoms with Gasteiger partial charge in [-0.1, -0.05) is 0 Å². The number of carbonyl (C=O) groups is 1. The summed E-state index contributed by atoms with van der Waals surface area (Å²) in [7, 11) is 0. The van der Waals surface area contributed by atoms with Crippen LogP contribution in [0.25, 0.3) is 0 Å². The van der Waals surface area contributed by atoms with Crippen molar-refractivity contribution in [3.8, 4) is 5.88 Å². The highest BCUT2D eigenvalue weighted by molar-refractivity contribution is 5.96. The zero-order valence-corrected chi connectivity index (χ0v) is 14.2. The molecule has 1 aromatic rings. The molecule has 1 amide bonds. The van der Waals surface area contributed by atoms with Crippen LogP contribution < -0.4 is 4.74 Å². The molecule has 2 saturated heterocycles. The van der Waals surface area contributed by atoms with Gasteiger partial charge in [0, 0.05) is 31.9 Å². The maximum atomic E-state index is 12.9. The van der Waals surface area contributed by atoms with E-state index < -0.39 is 0 Å². The van der Waals surface area contributed by atoms with Gasteiger partial charge in [-0.25, -0.2) is 4.98 Å². The first-order valence-corrected chi connectivity index (χ1v) is 8.98. The summed E-state index contributed by atoms with van der Waals surface area (Å²) in [6.07, 6.45) is 4.31. The van der Waals surface area contributed by atoms with Gasteiger partial charge in [0.2, 0.25) is 5.88 Å². The van der Waals surface area contributed by atoms with E-state index in [2.05, 4.69) is 9.88 Å². The third kappa shape index (κ3) is 3.00. The summed E-state index contributed by atoms with van der Waals surface area (Å²) in [5.41, 5.74) is 0.559. The molecule has 24 heavy (non-hydrogen) atoms. The lowest BCUT2D eigenvalue weighted by atomic mass is 10.0. The van der Waals surface area contributed by atoms with E-state index in [1.807, 2.05) is 11.8 Å². The average Bonchev–Trinajstić information content (AvgIpc) is 3.46. The Morgan fingerprint density at radius 2 is 2.25 bits per heavy atom. The first-order chi connectivity index (χ1) is 11.8. The number of hydrogen-bond donors (Lipinski definition) is 0. The van der Waals surface area contributed by atoms with Crippen molar-refractivity contribution in [2.45, 2.75) is 31.8 Å². The van der Waals surface area contributed by atoms with Crippen molar-refractivity contribution in [3.63, 3.8) is 0 Å². The van der Waals surface area contributed by atoms with E-state index in [9.17, 15) is 4.79 Å². The monoisotopic (exact) mass is 331 g/mol. The molecule has 0 aromatic carbocycles. The molecule has 3 fully saturated rings. The number of ether oxygens (including phenoxy) is 2. The van der Waals surface area contributed by atoms with Gasteiger partial charge in [-0.3, -0.25) is 9.69 Å². The van der Waals surface area contributed by atoms with Crippen molar-refractivity contribution in [2.24, 2.45) is 5.92 Å². The van der Waals surface area contributed by atoms with Gasteiger partial charge in [-0.05, 0) is 37.8 Å². The fourth-order valence-electron chi connectivity index (χ4n) is 3.92. The number of nitrogens with zero attached hydrogens (tertiary/aromatic N) is 3. The summed E-state index contributed by atoms with van der Waals surface area (Å²) in [4.78, 5) is 21.7. The second-order valence-electron chi connectivity index (χ2n) is 6.87. The van der Waals surface area contributed by atoms with Crippen LogP contribution >= 0.6 is 0 Å². The highest BCUT2D eigenvalue weighted by atomic mass is 16.5. The number of morpholine rings is 1. The molecular weight excluding hydrogens is 306 g/mol. The highest BCUT2D eigenvalue weighted by Crippen LogP contribution is 2.38. The van der Waals surface area contributed by atoms with Crippen LogP contribution in [-0.2, 0) is 4.74 Å². The van der Waals surface area contributed by atoms with Crippen LogP contribution in [0.15, 0.2) is 18.3 Å². The molecule has 0 bridgehead atoms. The van der Waals surface area contributed by atoms with E-state index >= 15 is 0 Å². The Hall–Kier alpha value is -1.66. The minimum atomic E-state index is 0.0137. The molecule has 1 aromatic heterocycles.